The Bertz CT molecular complexity index is 81.3. The maximum Gasteiger partial charge on any atom is 0.0497 e. The Hall–Kier alpha value is -0.0800. The number of hydrogen-bond acceptors (Lipinski definition) is 2. The van der Waals surface area contributed by atoms with Crippen LogP contribution in [-0.4, -0.2) is 23.4 Å². The Morgan fingerprint density at radius 3 is 2.80 bits per heavy atom. The predicted octanol–water partition coefficient (Wildman–Crippen LogP) is 0.550. The van der Waals surface area contributed by atoms with Crippen molar-refractivity contribution in [1.82, 2.24) is 0 Å². The lowest BCUT2D eigenvalue weighted by Crippen LogP contribution is -2.23. The molecule has 2 nitrogen and oxygen atoms in total. The third-order valence-electron chi connectivity index (χ3n) is 2.12. The van der Waals surface area contributed by atoms with E-state index in [0.717, 1.165) is 25.2 Å². The average molecular weight is 142 g/mol. The van der Waals surface area contributed by atoms with Crippen LogP contribution in [0.25, 0.3) is 0 Å². The molecule has 1 saturated carbocycles. The van der Waals surface area contributed by atoms with E-state index in [1.54, 1.807) is 0 Å². The highest BCUT2D eigenvalue weighted by atomic mass is 16.3. The number of rotatable bonds is 2. The maximum absolute atomic E-state index is 8.84. The van der Waals surface area contributed by atoms with E-state index in [0.29, 0.717) is 0 Å². The van der Waals surface area contributed by atoms with Crippen molar-refractivity contribution in [3.8, 4) is 0 Å². The standard InChI is InChI=1S/C8H14O2/c9-5-7-3-1-2-4-8(7)6-10/h1,7,9-10H,2-6H2. The lowest BCUT2D eigenvalue weighted by Gasteiger charge is -2.27. The molecule has 0 aromatic rings. The summed E-state index contributed by atoms with van der Waals surface area (Å²) in [6.45, 7) is 0.339. The molecule has 0 aliphatic heterocycles. The minimum Gasteiger partial charge on any atom is -0.396 e. The van der Waals surface area contributed by atoms with Gasteiger partial charge in [-0.1, -0.05) is 0 Å². The SMILES string of the molecule is OC[C]1CC[CH]CC1CO. The first-order chi connectivity index (χ1) is 4.88. The summed E-state index contributed by atoms with van der Waals surface area (Å²) < 4.78 is 0. The van der Waals surface area contributed by atoms with Crippen molar-refractivity contribution in [3.63, 3.8) is 0 Å². The van der Waals surface area contributed by atoms with Crippen LogP contribution in [0.2, 0.25) is 0 Å². The monoisotopic (exact) mass is 142 g/mol. The molecule has 1 atom stereocenters. The second kappa shape index (κ2) is 3.94. The van der Waals surface area contributed by atoms with Crippen LogP contribution in [0.15, 0.2) is 0 Å². The molecule has 2 radical (unpaired) electrons. The van der Waals surface area contributed by atoms with Gasteiger partial charge in [0.15, 0.2) is 0 Å². The van der Waals surface area contributed by atoms with E-state index >= 15 is 0 Å². The molecule has 0 spiro atoms. The highest BCUT2D eigenvalue weighted by Gasteiger charge is 2.23. The van der Waals surface area contributed by atoms with Crippen LogP contribution in [0.5, 0.6) is 0 Å². The van der Waals surface area contributed by atoms with Gasteiger partial charge >= 0.3 is 0 Å². The van der Waals surface area contributed by atoms with Gasteiger partial charge in [0, 0.05) is 19.1 Å². The Morgan fingerprint density at radius 2 is 2.30 bits per heavy atom. The first-order valence-electron chi connectivity index (χ1n) is 3.76. The van der Waals surface area contributed by atoms with Gasteiger partial charge in [-0.05, 0) is 31.6 Å². The molecule has 1 aliphatic rings. The quantitative estimate of drug-likeness (QED) is 0.591. The zero-order chi connectivity index (χ0) is 7.40. The minimum atomic E-state index is 0.152. The molecule has 0 saturated heterocycles. The van der Waals surface area contributed by atoms with Gasteiger partial charge in [-0.3, -0.25) is 0 Å². The fourth-order valence-electron chi connectivity index (χ4n) is 1.39. The number of aliphatic hydroxyl groups excluding tert-OH is 2. The lowest BCUT2D eigenvalue weighted by atomic mass is 9.80. The number of hydrogen-bond donors (Lipinski definition) is 2. The largest absolute Gasteiger partial charge is 0.396 e. The summed E-state index contributed by atoms with van der Waals surface area (Å²) >= 11 is 0. The van der Waals surface area contributed by atoms with Crippen molar-refractivity contribution in [2.45, 2.75) is 19.3 Å². The fraction of sp³-hybridized carbons (Fsp3) is 0.750. The summed E-state index contributed by atoms with van der Waals surface area (Å²) in [5, 5.41) is 17.7. The summed E-state index contributed by atoms with van der Waals surface area (Å²) in [5.74, 6) is 1.35. The molecule has 0 heterocycles. The summed E-state index contributed by atoms with van der Waals surface area (Å²) in [6, 6.07) is 0. The van der Waals surface area contributed by atoms with Gasteiger partial charge < -0.3 is 10.2 Å². The second-order valence-corrected chi connectivity index (χ2v) is 2.76. The van der Waals surface area contributed by atoms with Gasteiger partial charge in [0.05, 0.1) is 0 Å². The molecule has 1 unspecified atom stereocenters. The molecule has 58 valence electrons. The molecular formula is C8H14O2. The van der Waals surface area contributed by atoms with E-state index in [1.165, 1.54) is 0 Å². The average Bonchev–Trinajstić information content (AvgIpc) is 2.04. The van der Waals surface area contributed by atoms with Gasteiger partial charge in [-0.15, -0.1) is 0 Å². The Morgan fingerprint density at radius 1 is 1.50 bits per heavy atom. The zero-order valence-electron chi connectivity index (χ0n) is 6.08. The molecule has 0 aromatic heterocycles. The van der Waals surface area contributed by atoms with E-state index in [4.69, 9.17) is 10.2 Å². The van der Waals surface area contributed by atoms with Crippen molar-refractivity contribution < 1.29 is 10.2 Å². The van der Waals surface area contributed by atoms with Crippen molar-refractivity contribution >= 4 is 0 Å². The van der Waals surface area contributed by atoms with Gasteiger partial charge in [0.2, 0.25) is 0 Å². The van der Waals surface area contributed by atoms with Crippen LogP contribution in [-0.2, 0) is 0 Å². The molecule has 1 aliphatic carbocycles. The van der Waals surface area contributed by atoms with Crippen LogP contribution in [0, 0.1) is 18.3 Å². The van der Waals surface area contributed by atoms with Gasteiger partial charge in [0.25, 0.3) is 0 Å². The molecule has 0 aromatic carbocycles. The van der Waals surface area contributed by atoms with Crippen molar-refractivity contribution in [2.24, 2.45) is 5.92 Å². The van der Waals surface area contributed by atoms with Crippen molar-refractivity contribution in [1.29, 1.82) is 0 Å². The maximum atomic E-state index is 8.84. The fourth-order valence-corrected chi connectivity index (χ4v) is 1.39. The second-order valence-electron chi connectivity index (χ2n) is 2.76. The smallest absolute Gasteiger partial charge is 0.0497 e. The summed E-state index contributed by atoms with van der Waals surface area (Å²) in [5.41, 5.74) is 0. The molecule has 1 fully saturated rings. The zero-order valence-corrected chi connectivity index (χ0v) is 6.08. The van der Waals surface area contributed by atoms with Gasteiger partial charge in [0.1, 0.15) is 0 Å². The van der Waals surface area contributed by atoms with Crippen LogP contribution in [0.1, 0.15) is 19.3 Å². The summed E-state index contributed by atoms with van der Waals surface area (Å²) in [6.07, 6.45) is 5.14. The van der Waals surface area contributed by atoms with Gasteiger partial charge in [-0.2, -0.15) is 0 Å². The Balaban J connectivity index is 2.34. The van der Waals surface area contributed by atoms with Crippen LogP contribution >= 0.6 is 0 Å². The molecule has 2 N–H and O–H groups in total. The van der Waals surface area contributed by atoms with E-state index in [9.17, 15) is 0 Å². The van der Waals surface area contributed by atoms with E-state index in [-0.39, 0.29) is 19.1 Å². The molecule has 0 bridgehead atoms. The highest BCUT2D eigenvalue weighted by molar-refractivity contribution is 5.02. The highest BCUT2D eigenvalue weighted by Crippen LogP contribution is 2.29. The first kappa shape index (κ1) is 8.02. The predicted molar refractivity (Wildman–Crippen MR) is 39.1 cm³/mol. The molecule has 0 amide bonds. The topological polar surface area (TPSA) is 40.5 Å². The minimum absolute atomic E-state index is 0.152. The van der Waals surface area contributed by atoms with Crippen LogP contribution in [0.3, 0.4) is 0 Å². The third-order valence-corrected chi connectivity index (χ3v) is 2.12. The normalized spacial score (nSPS) is 28.8. The van der Waals surface area contributed by atoms with Crippen molar-refractivity contribution in [3.05, 3.63) is 12.3 Å². The molecular weight excluding hydrogens is 128 g/mol. The van der Waals surface area contributed by atoms with Gasteiger partial charge in [-0.25, -0.2) is 0 Å². The summed E-state index contributed by atoms with van der Waals surface area (Å²) in [4.78, 5) is 0. The molecule has 1 rings (SSSR count). The lowest BCUT2D eigenvalue weighted by molar-refractivity contribution is 0.186. The molecule has 10 heavy (non-hydrogen) atoms. The first-order valence-corrected chi connectivity index (χ1v) is 3.76. The molecule has 2 heteroatoms. The van der Waals surface area contributed by atoms with Crippen LogP contribution in [0.4, 0.5) is 0 Å². The number of aliphatic hydroxyl groups is 2. The van der Waals surface area contributed by atoms with Crippen LogP contribution < -0.4 is 0 Å². The Kier molecular flexibility index (Phi) is 3.16. The third kappa shape index (κ3) is 1.70. The van der Waals surface area contributed by atoms with Crippen molar-refractivity contribution in [2.75, 3.05) is 13.2 Å². The summed E-state index contributed by atoms with van der Waals surface area (Å²) in [7, 11) is 0. The Labute approximate surface area is 61.9 Å². The van der Waals surface area contributed by atoms with E-state index in [2.05, 4.69) is 6.42 Å². The van der Waals surface area contributed by atoms with E-state index in [1.807, 2.05) is 0 Å². The van der Waals surface area contributed by atoms with E-state index < -0.39 is 0 Å².